The molecule has 0 radical (unpaired) electrons. The standard InChI is InChI=1S/C17H17F3N4O/c1-23-6-8-24(9-7-23)17(25)11-4-5-21-14(10-11)22-13-3-2-12(18)15(19)16(13)20/h2-5,10H,6-9H2,1H3,(H,21,22). The number of nitrogens with zero attached hydrogens (tertiary/aromatic N) is 3. The highest BCUT2D eigenvalue weighted by Gasteiger charge is 2.21. The second kappa shape index (κ2) is 7.10. The molecule has 0 atom stereocenters. The summed E-state index contributed by atoms with van der Waals surface area (Å²) in [4.78, 5) is 20.4. The van der Waals surface area contributed by atoms with Gasteiger partial charge in [0.05, 0.1) is 5.69 Å². The molecule has 0 spiro atoms. The number of halogens is 3. The number of pyridine rings is 1. The van der Waals surface area contributed by atoms with E-state index < -0.39 is 17.5 Å². The summed E-state index contributed by atoms with van der Waals surface area (Å²) in [7, 11) is 1.99. The number of carbonyl (C=O) groups is 1. The predicted molar refractivity (Wildman–Crippen MR) is 87.2 cm³/mol. The first-order valence-electron chi connectivity index (χ1n) is 7.80. The maximum atomic E-state index is 13.7. The first-order chi connectivity index (χ1) is 12.0. The Labute approximate surface area is 143 Å². The summed E-state index contributed by atoms with van der Waals surface area (Å²) in [6, 6.07) is 4.92. The average molecular weight is 350 g/mol. The minimum absolute atomic E-state index is 0.149. The lowest BCUT2D eigenvalue weighted by Gasteiger charge is -2.32. The van der Waals surface area contributed by atoms with Gasteiger partial charge in [-0.3, -0.25) is 4.79 Å². The maximum absolute atomic E-state index is 13.7. The van der Waals surface area contributed by atoms with Crippen molar-refractivity contribution >= 4 is 17.4 Å². The van der Waals surface area contributed by atoms with Gasteiger partial charge in [0.15, 0.2) is 17.5 Å². The van der Waals surface area contributed by atoms with Crippen molar-refractivity contribution in [2.45, 2.75) is 0 Å². The van der Waals surface area contributed by atoms with E-state index in [1.54, 1.807) is 11.0 Å². The number of rotatable bonds is 3. The first kappa shape index (κ1) is 17.2. The quantitative estimate of drug-likeness (QED) is 0.865. The number of hydrogen-bond donors (Lipinski definition) is 1. The Morgan fingerprint density at radius 1 is 1.08 bits per heavy atom. The molecule has 1 aliphatic heterocycles. The van der Waals surface area contributed by atoms with E-state index in [0.717, 1.165) is 25.2 Å². The SMILES string of the molecule is CN1CCN(C(=O)c2ccnc(Nc3ccc(F)c(F)c3F)c2)CC1. The molecule has 1 saturated heterocycles. The van der Waals surface area contributed by atoms with Gasteiger partial charge in [0.25, 0.3) is 5.91 Å². The van der Waals surface area contributed by atoms with Crippen LogP contribution in [0.4, 0.5) is 24.7 Å². The van der Waals surface area contributed by atoms with Crippen LogP contribution in [-0.2, 0) is 0 Å². The van der Waals surface area contributed by atoms with E-state index in [-0.39, 0.29) is 17.4 Å². The summed E-state index contributed by atoms with van der Waals surface area (Å²) in [5, 5.41) is 2.57. The van der Waals surface area contributed by atoms with Crippen molar-refractivity contribution in [3.8, 4) is 0 Å². The number of benzene rings is 1. The van der Waals surface area contributed by atoms with Crippen LogP contribution in [0.25, 0.3) is 0 Å². The number of hydrogen-bond acceptors (Lipinski definition) is 4. The largest absolute Gasteiger partial charge is 0.338 e. The zero-order valence-corrected chi connectivity index (χ0v) is 13.6. The lowest BCUT2D eigenvalue weighted by Crippen LogP contribution is -2.47. The number of nitrogens with one attached hydrogen (secondary N) is 1. The fourth-order valence-electron chi connectivity index (χ4n) is 2.58. The highest BCUT2D eigenvalue weighted by molar-refractivity contribution is 5.95. The molecule has 2 heterocycles. The monoisotopic (exact) mass is 350 g/mol. The Kier molecular flexibility index (Phi) is 4.89. The van der Waals surface area contributed by atoms with E-state index in [0.29, 0.717) is 18.7 Å². The van der Waals surface area contributed by atoms with Crippen molar-refractivity contribution in [3.05, 3.63) is 53.5 Å². The number of piperazine rings is 1. The fraction of sp³-hybridized carbons (Fsp3) is 0.294. The third kappa shape index (κ3) is 3.74. The van der Waals surface area contributed by atoms with Gasteiger partial charge in [0.1, 0.15) is 5.82 Å². The Morgan fingerprint density at radius 2 is 1.80 bits per heavy atom. The second-order valence-corrected chi connectivity index (χ2v) is 5.87. The third-order valence-corrected chi connectivity index (χ3v) is 4.10. The van der Waals surface area contributed by atoms with Gasteiger partial charge >= 0.3 is 0 Å². The van der Waals surface area contributed by atoms with E-state index in [9.17, 15) is 18.0 Å². The summed E-state index contributed by atoms with van der Waals surface area (Å²) >= 11 is 0. The molecule has 5 nitrogen and oxygen atoms in total. The average Bonchev–Trinajstić information content (AvgIpc) is 2.62. The highest BCUT2D eigenvalue weighted by Crippen LogP contribution is 2.23. The molecule has 0 bridgehead atoms. The summed E-state index contributed by atoms with van der Waals surface area (Å²) in [5.41, 5.74) is 0.139. The van der Waals surface area contributed by atoms with E-state index >= 15 is 0 Å². The molecule has 8 heteroatoms. The molecule has 132 valence electrons. The lowest BCUT2D eigenvalue weighted by atomic mass is 10.2. The molecule has 1 amide bonds. The number of carbonyl (C=O) groups excluding carboxylic acids is 1. The van der Waals surface area contributed by atoms with Crippen LogP contribution in [0.15, 0.2) is 30.5 Å². The molecule has 0 saturated carbocycles. The third-order valence-electron chi connectivity index (χ3n) is 4.10. The number of aromatic nitrogens is 1. The van der Waals surface area contributed by atoms with Gasteiger partial charge in [-0.2, -0.15) is 0 Å². The van der Waals surface area contributed by atoms with E-state index in [1.807, 2.05) is 7.05 Å². The van der Waals surface area contributed by atoms with Gasteiger partial charge in [0.2, 0.25) is 0 Å². The number of anilines is 2. The molecule has 0 aliphatic carbocycles. The number of amides is 1. The van der Waals surface area contributed by atoms with Crippen LogP contribution in [0.2, 0.25) is 0 Å². The smallest absolute Gasteiger partial charge is 0.254 e. The molecule has 25 heavy (non-hydrogen) atoms. The van der Waals surface area contributed by atoms with Crippen LogP contribution in [0.5, 0.6) is 0 Å². The molecule has 1 aliphatic rings. The molecule has 1 aromatic heterocycles. The molecular formula is C17H17F3N4O. The molecule has 1 fully saturated rings. The van der Waals surface area contributed by atoms with Crippen molar-refractivity contribution in [2.24, 2.45) is 0 Å². The van der Waals surface area contributed by atoms with Crippen molar-refractivity contribution in [1.29, 1.82) is 0 Å². The molecule has 0 unspecified atom stereocenters. The zero-order chi connectivity index (χ0) is 18.0. The summed E-state index contributed by atoms with van der Waals surface area (Å²) in [6.07, 6.45) is 1.41. The van der Waals surface area contributed by atoms with Gasteiger partial charge in [-0.15, -0.1) is 0 Å². The van der Waals surface area contributed by atoms with Crippen molar-refractivity contribution in [3.63, 3.8) is 0 Å². The van der Waals surface area contributed by atoms with Crippen LogP contribution in [0, 0.1) is 17.5 Å². The van der Waals surface area contributed by atoms with Gasteiger partial charge in [0, 0.05) is 37.9 Å². The van der Waals surface area contributed by atoms with E-state index in [2.05, 4.69) is 15.2 Å². The predicted octanol–water partition coefficient (Wildman–Crippen LogP) is 2.63. The molecule has 2 aromatic rings. The van der Waals surface area contributed by atoms with Crippen molar-refractivity contribution < 1.29 is 18.0 Å². The van der Waals surface area contributed by atoms with Crippen LogP contribution >= 0.6 is 0 Å². The topological polar surface area (TPSA) is 48.5 Å². The Bertz CT molecular complexity index is 791. The Hall–Kier alpha value is -2.61. The first-order valence-corrected chi connectivity index (χ1v) is 7.80. The van der Waals surface area contributed by atoms with Crippen molar-refractivity contribution in [2.75, 3.05) is 38.5 Å². The van der Waals surface area contributed by atoms with Gasteiger partial charge in [-0.1, -0.05) is 0 Å². The molecule has 3 rings (SSSR count). The van der Waals surface area contributed by atoms with Gasteiger partial charge < -0.3 is 15.1 Å². The second-order valence-electron chi connectivity index (χ2n) is 5.87. The minimum atomic E-state index is -1.56. The van der Waals surface area contributed by atoms with E-state index in [1.165, 1.54) is 12.3 Å². The summed E-state index contributed by atoms with van der Waals surface area (Å²) in [6.45, 7) is 2.83. The maximum Gasteiger partial charge on any atom is 0.254 e. The van der Waals surface area contributed by atoms with Crippen LogP contribution in [-0.4, -0.2) is 53.9 Å². The summed E-state index contributed by atoms with van der Waals surface area (Å²) < 4.78 is 40.0. The summed E-state index contributed by atoms with van der Waals surface area (Å²) in [5.74, 6) is -4.14. The van der Waals surface area contributed by atoms with E-state index in [4.69, 9.17) is 0 Å². The highest BCUT2D eigenvalue weighted by atomic mass is 19.2. The lowest BCUT2D eigenvalue weighted by molar-refractivity contribution is 0.0664. The zero-order valence-electron chi connectivity index (χ0n) is 13.6. The van der Waals surface area contributed by atoms with Crippen LogP contribution < -0.4 is 5.32 Å². The van der Waals surface area contributed by atoms with Gasteiger partial charge in [-0.05, 0) is 31.3 Å². The normalized spacial score (nSPS) is 15.3. The number of likely N-dealkylation sites (N-methyl/N-ethyl adjacent to an activating group) is 1. The Balaban J connectivity index is 1.78. The molecule has 1 N–H and O–H groups in total. The molecular weight excluding hydrogens is 333 g/mol. The minimum Gasteiger partial charge on any atom is -0.338 e. The fourth-order valence-corrected chi connectivity index (χ4v) is 2.58. The van der Waals surface area contributed by atoms with Gasteiger partial charge in [-0.25, -0.2) is 18.2 Å². The Morgan fingerprint density at radius 3 is 2.52 bits per heavy atom. The van der Waals surface area contributed by atoms with Crippen LogP contribution in [0.1, 0.15) is 10.4 Å². The van der Waals surface area contributed by atoms with Crippen LogP contribution in [0.3, 0.4) is 0 Å². The van der Waals surface area contributed by atoms with Crippen molar-refractivity contribution in [1.82, 2.24) is 14.8 Å². The molecule has 1 aromatic carbocycles.